The molecule has 0 saturated carbocycles. The van der Waals surface area contributed by atoms with Crippen LogP contribution in [0.4, 0.5) is 0 Å². The van der Waals surface area contributed by atoms with Crippen molar-refractivity contribution < 1.29 is 0 Å². The summed E-state index contributed by atoms with van der Waals surface area (Å²) in [5.74, 6) is 0. The number of nitrogens with zero attached hydrogens (tertiary/aromatic N) is 3. The molecular weight excluding hydrogens is 218 g/mol. The summed E-state index contributed by atoms with van der Waals surface area (Å²) in [7, 11) is 0. The Balaban J connectivity index is 2.74. The topological polar surface area (TPSA) is 30.7 Å². The molecule has 2 heterocycles. The first-order chi connectivity index (χ1) is 5.81. The Bertz CT molecular complexity index is 408. The molecule has 2 aromatic rings. The second-order valence-electron chi connectivity index (χ2n) is 2.54. The second-order valence-corrected chi connectivity index (χ2v) is 3.40. The fourth-order valence-electron chi connectivity index (χ4n) is 1.12. The van der Waals surface area contributed by atoms with E-state index in [9.17, 15) is 0 Å². The van der Waals surface area contributed by atoms with Crippen molar-refractivity contribution in [2.24, 2.45) is 0 Å². The highest BCUT2D eigenvalue weighted by atomic mass is 79.9. The van der Waals surface area contributed by atoms with Gasteiger partial charge in [-0.2, -0.15) is 5.10 Å². The molecular formula is C8H8BrN3. The number of rotatable bonds is 1. The SMILES string of the molecule is CCn1cc2cncc(Br)c2n1. The van der Waals surface area contributed by atoms with Crippen LogP contribution in [-0.2, 0) is 6.54 Å². The van der Waals surface area contributed by atoms with Gasteiger partial charge in [0, 0.05) is 30.5 Å². The minimum Gasteiger partial charge on any atom is -0.272 e. The van der Waals surface area contributed by atoms with E-state index < -0.39 is 0 Å². The third kappa shape index (κ3) is 1.12. The number of fused-ring (bicyclic) bond motifs is 1. The first kappa shape index (κ1) is 7.73. The van der Waals surface area contributed by atoms with E-state index in [4.69, 9.17) is 0 Å². The van der Waals surface area contributed by atoms with Crippen LogP contribution < -0.4 is 0 Å². The number of aromatic nitrogens is 3. The largest absolute Gasteiger partial charge is 0.272 e. The van der Waals surface area contributed by atoms with Crippen molar-refractivity contribution >= 4 is 26.8 Å². The van der Waals surface area contributed by atoms with Crippen molar-refractivity contribution in [3.63, 3.8) is 0 Å². The highest BCUT2D eigenvalue weighted by molar-refractivity contribution is 9.10. The van der Waals surface area contributed by atoms with Gasteiger partial charge in [-0.1, -0.05) is 0 Å². The molecule has 0 radical (unpaired) electrons. The maximum atomic E-state index is 4.36. The molecule has 0 aliphatic carbocycles. The van der Waals surface area contributed by atoms with E-state index >= 15 is 0 Å². The molecule has 0 aromatic carbocycles. The van der Waals surface area contributed by atoms with Gasteiger partial charge >= 0.3 is 0 Å². The number of hydrogen-bond donors (Lipinski definition) is 0. The third-order valence-electron chi connectivity index (χ3n) is 1.74. The molecule has 3 nitrogen and oxygen atoms in total. The van der Waals surface area contributed by atoms with Gasteiger partial charge in [0.15, 0.2) is 0 Å². The molecule has 12 heavy (non-hydrogen) atoms. The van der Waals surface area contributed by atoms with E-state index in [1.54, 1.807) is 6.20 Å². The second kappa shape index (κ2) is 2.86. The van der Waals surface area contributed by atoms with Gasteiger partial charge < -0.3 is 0 Å². The lowest BCUT2D eigenvalue weighted by Crippen LogP contribution is -1.92. The van der Waals surface area contributed by atoms with Crippen molar-refractivity contribution in [2.45, 2.75) is 13.5 Å². The van der Waals surface area contributed by atoms with E-state index in [2.05, 4.69) is 32.9 Å². The molecule has 4 heteroatoms. The molecule has 0 N–H and O–H groups in total. The first-order valence-electron chi connectivity index (χ1n) is 3.78. The summed E-state index contributed by atoms with van der Waals surface area (Å²) >= 11 is 3.40. The van der Waals surface area contributed by atoms with Gasteiger partial charge in [0.25, 0.3) is 0 Å². The lowest BCUT2D eigenvalue weighted by atomic mass is 10.3. The van der Waals surface area contributed by atoms with Gasteiger partial charge in [-0.25, -0.2) is 0 Å². The molecule has 0 aliphatic heterocycles. The third-order valence-corrected chi connectivity index (χ3v) is 2.32. The average Bonchev–Trinajstić information content (AvgIpc) is 2.49. The molecule has 0 saturated heterocycles. The predicted octanol–water partition coefficient (Wildman–Crippen LogP) is 2.21. The normalized spacial score (nSPS) is 10.8. The zero-order chi connectivity index (χ0) is 8.55. The predicted molar refractivity (Wildman–Crippen MR) is 50.9 cm³/mol. The zero-order valence-electron chi connectivity index (χ0n) is 6.66. The quantitative estimate of drug-likeness (QED) is 0.746. The zero-order valence-corrected chi connectivity index (χ0v) is 8.24. The molecule has 0 amide bonds. The van der Waals surface area contributed by atoms with Crippen LogP contribution in [0.5, 0.6) is 0 Å². The van der Waals surface area contributed by atoms with E-state index in [1.807, 2.05) is 17.1 Å². The summed E-state index contributed by atoms with van der Waals surface area (Å²) in [6, 6.07) is 0. The van der Waals surface area contributed by atoms with Crippen molar-refractivity contribution in [1.82, 2.24) is 14.8 Å². The smallest absolute Gasteiger partial charge is 0.110 e. The average molecular weight is 226 g/mol. The number of aryl methyl sites for hydroxylation is 1. The molecule has 0 aliphatic rings. The minimum atomic E-state index is 0.890. The Morgan fingerprint density at radius 2 is 2.33 bits per heavy atom. The van der Waals surface area contributed by atoms with Gasteiger partial charge in [-0.15, -0.1) is 0 Å². The summed E-state index contributed by atoms with van der Waals surface area (Å²) < 4.78 is 2.85. The summed E-state index contributed by atoms with van der Waals surface area (Å²) in [6.07, 6.45) is 5.57. The molecule has 0 fully saturated rings. The Labute approximate surface area is 78.5 Å². The molecule has 2 rings (SSSR count). The number of halogens is 1. The van der Waals surface area contributed by atoms with Crippen LogP contribution in [0, 0.1) is 0 Å². The molecule has 0 bridgehead atoms. The van der Waals surface area contributed by atoms with E-state index in [-0.39, 0.29) is 0 Å². The van der Waals surface area contributed by atoms with Crippen LogP contribution in [0.15, 0.2) is 23.1 Å². The van der Waals surface area contributed by atoms with Crippen LogP contribution in [-0.4, -0.2) is 14.8 Å². The molecule has 0 unspecified atom stereocenters. The van der Waals surface area contributed by atoms with Gasteiger partial charge in [-0.05, 0) is 22.9 Å². The Kier molecular flexibility index (Phi) is 1.84. The summed E-state index contributed by atoms with van der Waals surface area (Å²) in [5, 5.41) is 5.44. The van der Waals surface area contributed by atoms with Crippen LogP contribution in [0.1, 0.15) is 6.92 Å². The standard InChI is InChI=1S/C8H8BrN3/c1-2-12-5-6-3-10-4-7(9)8(6)11-12/h3-5H,2H2,1H3. The molecule has 0 atom stereocenters. The summed E-state index contributed by atoms with van der Waals surface area (Å²) in [6.45, 7) is 2.95. The van der Waals surface area contributed by atoms with E-state index in [0.29, 0.717) is 0 Å². The van der Waals surface area contributed by atoms with Crippen molar-refractivity contribution in [2.75, 3.05) is 0 Å². The van der Waals surface area contributed by atoms with Crippen molar-refractivity contribution in [3.8, 4) is 0 Å². The fourth-order valence-corrected chi connectivity index (χ4v) is 1.55. The van der Waals surface area contributed by atoms with Gasteiger partial charge in [0.1, 0.15) is 5.52 Å². The lowest BCUT2D eigenvalue weighted by Gasteiger charge is -1.89. The lowest BCUT2D eigenvalue weighted by molar-refractivity contribution is 0.667. The Hall–Kier alpha value is -0.900. The monoisotopic (exact) mass is 225 g/mol. The Morgan fingerprint density at radius 3 is 3.00 bits per heavy atom. The minimum absolute atomic E-state index is 0.890. The maximum Gasteiger partial charge on any atom is 0.110 e. The van der Waals surface area contributed by atoms with E-state index in [1.165, 1.54) is 0 Å². The van der Waals surface area contributed by atoms with Crippen LogP contribution in [0.2, 0.25) is 0 Å². The van der Waals surface area contributed by atoms with Crippen molar-refractivity contribution in [1.29, 1.82) is 0 Å². The van der Waals surface area contributed by atoms with Crippen LogP contribution >= 0.6 is 15.9 Å². The van der Waals surface area contributed by atoms with Gasteiger partial charge in [0.05, 0.1) is 4.47 Å². The van der Waals surface area contributed by atoms with Crippen molar-refractivity contribution in [3.05, 3.63) is 23.1 Å². The summed E-state index contributed by atoms with van der Waals surface area (Å²) in [4.78, 5) is 4.06. The summed E-state index contributed by atoms with van der Waals surface area (Å²) in [5.41, 5.74) is 0.979. The first-order valence-corrected chi connectivity index (χ1v) is 4.57. The van der Waals surface area contributed by atoms with Crippen LogP contribution in [0.3, 0.4) is 0 Å². The molecule has 2 aromatic heterocycles. The molecule has 62 valence electrons. The highest BCUT2D eigenvalue weighted by Crippen LogP contribution is 2.20. The number of hydrogen-bond acceptors (Lipinski definition) is 2. The highest BCUT2D eigenvalue weighted by Gasteiger charge is 2.02. The molecule has 0 spiro atoms. The maximum absolute atomic E-state index is 4.36. The van der Waals surface area contributed by atoms with Crippen LogP contribution in [0.25, 0.3) is 10.9 Å². The number of pyridine rings is 1. The van der Waals surface area contributed by atoms with E-state index in [0.717, 1.165) is 21.9 Å². The van der Waals surface area contributed by atoms with Gasteiger partial charge in [0.2, 0.25) is 0 Å². The Morgan fingerprint density at radius 1 is 1.50 bits per heavy atom. The van der Waals surface area contributed by atoms with Gasteiger partial charge in [-0.3, -0.25) is 9.67 Å². The fraction of sp³-hybridized carbons (Fsp3) is 0.250.